The zero-order valence-corrected chi connectivity index (χ0v) is 19.1. The van der Waals surface area contributed by atoms with Crippen molar-refractivity contribution < 1.29 is 27.5 Å². The van der Waals surface area contributed by atoms with E-state index in [2.05, 4.69) is 20.9 Å². The van der Waals surface area contributed by atoms with Gasteiger partial charge in [0.15, 0.2) is 11.6 Å². The van der Waals surface area contributed by atoms with Crippen LogP contribution in [0.3, 0.4) is 0 Å². The number of alkyl carbamates (subject to hydrolysis) is 1. The maximum absolute atomic E-state index is 13.8. The summed E-state index contributed by atoms with van der Waals surface area (Å²) in [5, 5.41) is 8.26. The van der Waals surface area contributed by atoms with E-state index in [1.165, 1.54) is 6.07 Å². The van der Waals surface area contributed by atoms with Gasteiger partial charge in [0.05, 0.1) is 12.6 Å². The summed E-state index contributed by atoms with van der Waals surface area (Å²) in [6.07, 6.45) is 2.15. The van der Waals surface area contributed by atoms with Crippen molar-refractivity contribution in [1.29, 1.82) is 0 Å². The van der Waals surface area contributed by atoms with Crippen LogP contribution in [-0.4, -0.2) is 36.7 Å². The third-order valence-electron chi connectivity index (χ3n) is 5.09. The minimum absolute atomic E-state index is 0.0295. The fourth-order valence-corrected chi connectivity index (χ4v) is 3.83. The molecule has 11 heteroatoms. The van der Waals surface area contributed by atoms with E-state index in [1.807, 2.05) is 0 Å². The molecule has 0 aromatic heterocycles. The number of amides is 2. The van der Waals surface area contributed by atoms with Crippen molar-refractivity contribution >= 4 is 35.2 Å². The van der Waals surface area contributed by atoms with Crippen molar-refractivity contribution in [2.45, 2.75) is 44.7 Å². The summed E-state index contributed by atoms with van der Waals surface area (Å²) in [4.78, 5) is 29.0. The molecule has 2 aromatic carbocycles. The highest BCUT2D eigenvalue weighted by Gasteiger charge is 2.24. The van der Waals surface area contributed by atoms with Crippen LogP contribution in [0.25, 0.3) is 0 Å². The molecule has 0 radical (unpaired) electrons. The molecule has 0 saturated heterocycles. The lowest BCUT2D eigenvalue weighted by Crippen LogP contribution is -2.41. The highest BCUT2D eigenvalue weighted by molar-refractivity contribution is 6.31. The number of hydrogen-bond donors (Lipinski definition) is 3. The first-order valence-corrected chi connectivity index (χ1v) is 11.1. The third kappa shape index (κ3) is 7.38. The number of carbonyl (C=O) groups excluding carboxylic acids is 2. The van der Waals surface area contributed by atoms with Crippen LogP contribution in [0.4, 0.5) is 23.7 Å². The van der Waals surface area contributed by atoms with Crippen molar-refractivity contribution in [3.8, 4) is 0 Å². The van der Waals surface area contributed by atoms with Gasteiger partial charge in [0.25, 0.3) is 5.91 Å². The molecule has 1 saturated carbocycles. The first-order valence-electron chi connectivity index (χ1n) is 10.7. The molecule has 1 aliphatic carbocycles. The molecule has 2 amide bonds. The Labute approximate surface area is 199 Å². The molecular weight excluding hydrogens is 473 g/mol. The van der Waals surface area contributed by atoms with Gasteiger partial charge < -0.3 is 15.4 Å². The number of carbonyl (C=O) groups is 2. The Balaban J connectivity index is 1.81. The van der Waals surface area contributed by atoms with Crippen molar-refractivity contribution in [3.63, 3.8) is 0 Å². The molecule has 1 aliphatic rings. The molecule has 0 bridgehead atoms. The molecule has 0 aliphatic heterocycles. The summed E-state index contributed by atoms with van der Waals surface area (Å²) >= 11 is 5.92. The number of hydrogen-bond acceptors (Lipinski definition) is 4. The van der Waals surface area contributed by atoms with Crippen LogP contribution >= 0.6 is 11.6 Å². The number of nitrogens with one attached hydrogen (secondary N) is 3. The van der Waals surface area contributed by atoms with Gasteiger partial charge in [0.1, 0.15) is 5.82 Å². The summed E-state index contributed by atoms with van der Waals surface area (Å²) in [7, 11) is 0. The van der Waals surface area contributed by atoms with Gasteiger partial charge >= 0.3 is 6.09 Å². The molecule has 3 rings (SSSR count). The normalized spacial score (nSPS) is 18.2. The molecule has 182 valence electrons. The number of rotatable bonds is 5. The minimum Gasteiger partial charge on any atom is -0.450 e. The second-order valence-corrected chi connectivity index (χ2v) is 8.16. The van der Waals surface area contributed by atoms with Gasteiger partial charge in [-0.1, -0.05) is 11.6 Å². The topological polar surface area (TPSA) is 91.8 Å². The summed E-state index contributed by atoms with van der Waals surface area (Å²) in [6, 6.07) is 5.99. The number of anilines is 1. The van der Waals surface area contributed by atoms with Crippen LogP contribution in [0.5, 0.6) is 0 Å². The molecule has 3 N–H and O–H groups in total. The lowest BCUT2D eigenvalue weighted by Gasteiger charge is -2.28. The Hall–Kier alpha value is -3.27. The average Bonchev–Trinajstić information content (AvgIpc) is 2.75. The predicted molar refractivity (Wildman–Crippen MR) is 122 cm³/mol. The first-order chi connectivity index (χ1) is 16.2. The van der Waals surface area contributed by atoms with Gasteiger partial charge in [-0.05, 0) is 69.0 Å². The van der Waals surface area contributed by atoms with Gasteiger partial charge in [-0.25, -0.2) is 23.0 Å². The van der Waals surface area contributed by atoms with Crippen molar-refractivity contribution in [3.05, 3.63) is 64.4 Å². The van der Waals surface area contributed by atoms with Crippen LogP contribution in [0.2, 0.25) is 5.02 Å². The largest absolute Gasteiger partial charge is 0.450 e. The lowest BCUT2D eigenvalue weighted by molar-refractivity contribution is 0.0976. The Morgan fingerprint density at radius 2 is 1.91 bits per heavy atom. The van der Waals surface area contributed by atoms with E-state index >= 15 is 0 Å². The van der Waals surface area contributed by atoms with E-state index in [0.717, 1.165) is 43.2 Å². The summed E-state index contributed by atoms with van der Waals surface area (Å²) < 4.78 is 45.6. The second-order valence-electron chi connectivity index (χ2n) is 7.73. The fourth-order valence-electron chi connectivity index (χ4n) is 3.61. The van der Waals surface area contributed by atoms with E-state index < -0.39 is 29.5 Å². The maximum Gasteiger partial charge on any atom is 0.407 e. The number of aliphatic imine (C=N–C) groups is 1. The minimum atomic E-state index is -1.17. The van der Waals surface area contributed by atoms with Crippen molar-refractivity contribution in [2.24, 2.45) is 4.99 Å². The molecule has 1 fully saturated rings. The molecule has 2 aromatic rings. The fraction of sp³-hybridized carbons (Fsp3) is 0.348. The predicted octanol–water partition coefficient (Wildman–Crippen LogP) is 5.01. The van der Waals surface area contributed by atoms with E-state index in [4.69, 9.17) is 16.3 Å². The lowest BCUT2D eigenvalue weighted by atomic mass is 9.91. The number of nitrogens with zero attached hydrogens (tertiary/aromatic N) is 1. The smallest absolute Gasteiger partial charge is 0.407 e. The van der Waals surface area contributed by atoms with Gasteiger partial charge in [-0.15, -0.1) is 0 Å². The highest BCUT2D eigenvalue weighted by atomic mass is 35.5. The second kappa shape index (κ2) is 11.7. The van der Waals surface area contributed by atoms with E-state index in [0.29, 0.717) is 12.8 Å². The molecular formula is C23H24ClF3N4O3. The summed E-state index contributed by atoms with van der Waals surface area (Å²) in [5.41, 5.74) is 0.0996. The third-order valence-corrected chi connectivity index (χ3v) is 5.31. The molecule has 2 atom stereocenters. The monoisotopic (exact) mass is 496 g/mol. The number of guanidine groups is 1. The van der Waals surface area contributed by atoms with Crippen molar-refractivity contribution in [2.75, 3.05) is 11.9 Å². The van der Waals surface area contributed by atoms with E-state index in [9.17, 15) is 22.8 Å². The van der Waals surface area contributed by atoms with Gasteiger partial charge in [0, 0.05) is 22.3 Å². The molecule has 2 unspecified atom stereocenters. The molecule has 7 nitrogen and oxygen atoms in total. The average molecular weight is 497 g/mol. The zero-order valence-electron chi connectivity index (χ0n) is 18.3. The van der Waals surface area contributed by atoms with Crippen LogP contribution in [0.1, 0.15) is 43.0 Å². The maximum atomic E-state index is 13.8. The number of halogens is 4. The van der Waals surface area contributed by atoms with Crippen molar-refractivity contribution in [1.82, 2.24) is 10.6 Å². The Bertz CT molecular complexity index is 1060. The van der Waals surface area contributed by atoms with Crippen LogP contribution < -0.4 is 16.0 Å². The van der Waals surface area contributed by atoms with E-state index in [-0.39, 0.29) is 40.9 Å². The number of benzene rings is 2. The van der Waals surface area contributed by atoms with Crippen LogP contribution in [0.15, 0.2) is 41.4 Å². The zero-order chi connectivity index (χ0) is 24.7. The standard InChI is InChI=1S/C23H24ClF3N4O3/c1-2-34-23(33)30-17-5-3-4-16(12-17)28-22(29-18-10-14(24)9-15(25)11-18)31-21(32)13-6-7-19(26)20(27)8-13/h6-11,16-17H,2-5,12H2,1H3,(H,30,33)(H2,28,29,31,32). The molecule has 0 heterocycles. The SMILES string of the molecule is CCOC(=O)NC1CCCC(N=C(NC(=O)c2ccc(F)c(F)c2)Nc2cc(F)cc(Cl)c2)C1. The Kier molecular flexibility index (Phi) is 8.75. The van der Waals surface area contributed by atoms with Gasteiger partial charge in [0.2, 0.25) is 5.96 Å². The molecule has 0 spiro atoms. The van der Waals surface area contributed by atoms with Gasteiger partial charge in [-0.3, -0.25) is 10.1 Å². The summed E-state index contributed by atoms with van der Waals surface area (Å²) in [6.45, 7) is 1.96. The molecule has 34 heavy (non-hydrogen) atoms. The van der Waals surface area contributed by atoms with Crippen LogP contribution in [-0.2, 0) is 4.74 Å². The quantitative estimate of drug-likeness (QED) is 0.401. The number of ether oxygens (including phenoxy) is 1. The van der Waals surface area contributed by atoms with E-state index in [1.54, 1.807) is 6.92 Å². The summed E-state index contributed by atoms with van der Waals surface area (Å²) in [5.74, 6) is -3.63. The first kappa shape index (κ1) is 25.4. The highest BCUT2D eigenvalue weighted by Crippen LogP contribution is 2.23. The Morgan fingerprint density at radius 1 is 1.12 bits per heavy atom. The van der Waals surface area contributed by atoms with Gasteiger partial charge in [-0.2, -0.15) is 0 Å². The van der Waals surface area contributed by atoms with Crippen LogP contribution in [0, 0.1) is 17.5 Å². The Morgan fingerprint density at radius 3 is 2.62 bits per heavy atom.